The summed E-state index contributed by atoms with van der Waals surface area (Å²) in [6.07, 6.45) is 0. The Labute approximate surface area is 295 Å². The second-order valence-electron chi connectivity index (χ2n) is 13.5. The zero-order valence-electron chi connectivity index (χ0n) is 27.7. The first-order valence-corrected chi connectivity index (χ1v) is 17.6. The van der Waals surface area contributed by atoms with E-state index in [0.29, 0.717) is 0 Å². The predicted molar refractivity (Wildman–Crippen MR) is 215 cm³/mol. The molecule has 0 spiro atoms. The van der Waals surface area contributed by atoms with E-state index in [-0.39, 0.29) is 0 Å². The Bertz CT molecular complexity index is 2970. The molecule has 0 atom stereocenters. The third kappa shape index (κ3) is 4.09. The zero-order valence-corrected chi connectivity index (χ0v) is 27.7. The summed E-state index contributed by atoms with van der Waals surface area (Å²) in [7, 11) is 0. The average molecular weight is 647 g/mol. The average Bonchev–Trinajstić information content (AvgIpc) is 3.58. The summed E-state index contributed by atoms with van der Waals surface area (Å²) in [5.74, 6) is 0. The Kier molecular flexibility index (Phi) is 6.02. The van der Waals surface area contributed by atoms with Gasteiger partial charge in [0.05, 0.1) is 0 Å². The largest absolute Gasteiger partial charge is 0.455 e. The number of para-hydroxylation sites is 2. The molecule has 1 heterocycles. The van der Waals surface area contributed by atoms with Crippen LogP contribution >= 0.6 is 0 Å². The summed E-state index contributed by atoms with van der Waals surface area (Å²) in [5, 5.41) is 7.16. The van der Waals surface area contributed by atoms with E-state index >= 15 is 0 Å². The topological polar surface area (TPSA) is 13.1 Å². The number of benzene rings is 9. The van der Waals surface area contributed by atoms with Gasteiger partial charge in [0.15, 0.2) is 0 Å². The lowest BCUT2D eigenvalue weighted by Gasteiger charge is -2.24. The van der Waals surface area contributed by atoms with Crippen molar-refractivity contribution >= 4 is 43.5 Å². The molecule has 1 aliphatic rings. The minimum atomic E-state index is 0.912. The maximum Gasteiger partial charge on any atom is 0.143 e. The van der Waals surface area contributed by atoms with Crippen molar-refractivity contribution < 1.29 is 4.42 Å². The fourth-order valence-corrected chi connectivity index (χ4v) is 8.69. The van der Waals surface area contributed by atoms with E-state index in [1.54, 1.807) is 0 Å². The van der Waals surface area contributed by atoms with Crippen molar-refractivity contribution in [2.45, 2.75) is 0 Å². The smallest absolute Gasteiger partial charge is 0.143 e. The van der Waals surface area contributed by atoms with E-state index in [1.165, 1.54) is 82.7 Å². The lowest BCUT2D eigenvalue weighted by atomic mass is 9.79. The molecular formula is C50H30O. The molecule has 51 heavy (non-hydrogen) atoms. The first-order chi connectivity index (χ1) is 25.3. The molecule has 0 unspecified atom stereocenters. The standard InChI is InChI=1S/C50H30O/c1-2-15-33-32(14-1)34-16-3-4-18-36(34)38-29-28-31(30-46(38)37-19-6-5-17-35(33)37)48-40-21-7-9-23-42(40)49(43-24-10-8-22-41(43)48)45-26-13-25-44-39-20-11-12-27-47(39)51-50(44)45/h1-30H. The van der Waals surface area contributed by atoms with Crippen molar-refractivity contribution in [1.29, 1.82) is 0 Å². The van der Waals surface area contributed by atoms with Crippen LogP contribution in [0.15, 0.2) is 186 Å². The molecule has 0 aliphatic heterocycles. The number of furan rings is 1. The van der Waals surface area contributed by atoms with Gasteiger partial charge in [0, 0.05) is 21.9 Å². The van der Waals surface area contributed by atoms with Crippen LogP contribution in [0.3, 0.4) is 0 Å². The van der Waals surface area contributed by atoms with Crippen molar-refractivity contribution in [3.05, 3.63) is 182 Å². The first kappa shape index (κ1) is 28.2. The summed E-state index contributed by atoms with van der Waals surface area (Å²) in [5.41, 5.74) is 16.7. The molecule has 0 bridgehead atoms. The molecule has 10 aromatic rings. The van der Waals surface area contributed by atoms with E-state index in [0.717, 1.165) is 27.5 Å². The summed E-state index contributed by atoms with van der Waals surface area (Å²) in [4.78, 5) is 0. The monoisotopic (exact) mass is 646 g/mol. The van der Waals surface area contributed by atoms with Gasteiger partial charge < -0.3 is 4.42 Å². The molecule has 1 heteroatoms. The molecule has 1 nitrogen and oxygen atoms in total. The number of fused-ring (bicyclic) bond motifs is 13. The van der Waals surface area contributed by atoms with Crippen molar-refractivity contribution in [1.82, 2.24) is 0 Å². The van der Waals surface area contributed by atoms with Crippen LogP contribution in [-0.2, 0) is 0 Å². The normalized spacial score (nSPS) is 11.9. The van der Waals surface area contributed by atoms with Crippen molar-refractivity contribution in [2.75, 3.05) is 0 Å². The van der Waals surface area contributed by atoms with E-state index in [2.05, 4.69) is 176 Å². The predicted octanol–water partition coefficient (Wildman–Crippen LogP) is 14.2. The Morgan fingerprint density at radius 2 is 0.647 bits per heavy atom. The SMILES string of the molecule is c1ccc2c(c1)-c1ccccc1-c1ccc(-c3c4ccccc4c(-c4cccc5c4oc4ccccc45)c4ccccc34)cc1-c1ccccc1-2. The lowest BCUT2D eigenvalue weighted by molar-refractivity contribution is 0.670. The van der Waals surface area contributed by atoms with Crippen molar-refractivity contribution in [3.63, 3.8) is 0 Å². The van der Waals surface area contributed by atoms with Gasteiger partial charge >= 0.3 is 0 Å². The quantitative estimate of drug-likeness (QED) is 0.170. The van der Waals surface area contributed by atoms with Crippen LogP contribution in [0.1, 0.15) is 0 Å². The first-order valence-electron chi connectivity index (χ1n) is 17.6. The number of rotatable bonds is 2. The fourth-order valence-electron chi connectivity index (χ4n) is 8.69. The van der Waals surface area contributed by atoms with Crippen molar-refractivity contribution in [2.24, 2.45) is 0 Å². The third-order valence-electron chi connectivity index (χ3n) is 10.9. The molecule has 236 valence electrons. The van der Waals surface area contributed by atoms with Crippen LogP contribution in [0.5, 0.6) is 0 Å². The second-order valence-corrected chi connectivity index (χ2v) is 13.5. The molecule has 0 saturated carbocycles. The molecule has 0 saturated heterocycles. The van der Waals surface area contributed by atoms with Gasteiger partial charge in [-0.1, -0.05) is 170 Å². The Morgan fingerprint density at radius 3 is 1.20 bits per heavy atom. The molecular weight excluding hydrogens is 617 g/mol. The highest BCUT2D eigenvalue weighted by Gasteiger charge is 2.24. The number of hydrogen-bond acceptors (Lipinski definition) is 1. The van der Waals surface area contributed by atoms with Crippen molar-refractivity contribution in [3.8, 4) is 66.8 Å². The van der Waals surface area contributed by atoms with Crippen LogP contribution in [0, 0.1) is 0 Å². The number of hydrogen-bond donors (Lipinski definition) is 0. The minimum Gasteiger partial charge on any atom is -0.455 e. The summed E-state index contributed by atoms with van der Waals surface area (Å²) >= 11 is 0. The zero-order chi connectivity index (χ0) is 33.5. The molecule has 11 rings (SSSR count). The summed E-state index contributed by atoms with van der Waals surface area (Å²) in [6, 6.07) is 66.4. The maximum absolute atomic E-state index is 6.62. The maximum atomic E-state index is 6.62. The molecule has 1 aromatic heterocycles. The minimum absolute atomic E-state index is 0.912. The summed E-state index contributed by atoms with van der Waals surface area (Å²) in [6.45, 7) is 0. The molecule has 0 N–H and O–H groups in total. The second kappa shape index (κ2) is 10.9. The van der Waals surface area contributed by atoms with E-state index in [1.807, 2.05) is 6.07 Å². The lowest BCUT2D eigenvalue weighted by Crippen LogP contribution is -1.97. The van der Waals surface area contributed by atoms with Gasteiger partial charge in [-0.15, -0.1) is 0 Å². The van der Waals surface area contributed by atoms with Gasteiger partial charge in [-0.3, -0.25) is 0 Å². The van der Waals surface area contributed by atoms with E-state index in [4.69, 9.17) is 4.42 Å². The van der Waals surface area contributed by atoms with E-state index < -0.39 is 0 Å². The molecule has 1 aliphatic carbocycles. The van der Waals surface area contributed by atoms with Crippen LogP contribution in [0.25, 0.3) is 110 Å². The fraction of sp³-hybridized carbons (Fsp3) is 0. The van der Waals surface area contributed by atoms with Gasteiger partial charge in [0.1, 0.15) is 11.2 Å². The van der Waals surface area contributed by atoms with E-state index in [9.17, 15) is 0 Å². The highest BCUT2D eigenvalue weighted by atomic mass is 16.3. The van der Waals surface area contributed by atoms with Gasteiger partial charge in [0.25, 0.3) is 0 Å². The summed E-state index contributed by atoms with van der Waals surface area (Å²) < 4.78 is 6.62. The molecule has 0 radical (unpaired) electrons. The van der Waals surface area contributed by atoms with Gasteiger partial charge in [-0.05, 0) is 89.3 Å². The Morgan fingerprint density at radius 1 is 0.255 bits per heavy atom. The Hall–Kier alpha value is -6.70. The highest BCUT2D eigenvalue weighted by molar-refractivity contribution is 6.24. The van der Waals surface area contributed by atoms with Gasteiger partial charge in [-0.25, -0.2) is 0 Å². The molecule has 0 fully saturated rings. The van der Waals surface area contributed by atoms with Gasteiger partial charge in [-0.2, -0.15) is 0 Å². The Balaban J connectivity index is 1.23. The van der Waals surface area contributed by atoms with Crippen LogP contribution in [0.2, 0.25) is 0 Å². The highest BCUT2D eigenvalue weighted by Crippen LogP contribution is 2.51. The molecule has 0 amide bonds. The van der Waals surface area contributed by atoms with Gasteiger partial charge in [0.2, 0.25) is 0 Å². The third-order valence-corrected chi connectivity index (χ3v) is 10.9. The van der Waals surface area contributed by atoms with Crippen LogP contribution in [-0.4, -0.2) is 0 Å². The molecule has 9 aromatic carbocycles. The van der Waals surface area contributed by atoms with Crippen LogP contribution in [0.4, 0.5) is 0 Å². The van der Waals surface area contributed by atoms with Crippen LogP contribution < -0.4 is 0 Å².